The number of hydrogen-bond acceptors (Lipinski definition) is 3. The number of rotatable bonds is 4. The van der Waals surface area contributed by atoms with Crippen molar-refractivity contribution in [2.45, 2.75) is 13.3 Å². The first-order valence-corrected chi connectivity index (χ1v) is 5.86. The van der Waals surface area contributed by atoms with Gasteiger partial charge < -0.3 is 4.74 Å². The van der Waals surface area contributed by atoms with Crippen molar-refractivity contribution < 1.29 is 4.74 Å². The van der Waals surface area contributed by atoms with Crippen LogP contribution < -0.4 is 4.74 Å². The quantitative estimate of drug-likeness (QED) is 0.780. The van der Waals surface area contributed by atoms with E-state index in [9.17, 15) is 0 Å². The normalized spacial score (nSPS) is 10.2. The van der Waals surface area contributed by atoms with Gasteiger partial charge in [0.05, 0.1) is 6.61 Å². The smallest absolute Gasteiger partial charge is 0.218 e. The zero-order chi connectivity index (χ0) is 12.1. The summed E-state index contributed by atoms with van der Waals surface area (Å²) in [5.74, 6) is 1.20. The highest BCUT2D eigenvalue weighted by atomic mass is 35.5. The highest BCUT2D eigenvalue weighted by Gasteiger charge is 2.04. The summed E-state index contributed by atoms with van der Waals surface area (Å²) in [4.78, 5) is 8.49. The predicted molar refractivity (Wildman–Crippen MR) is 67.5 cm³/mol. The average molecular weight is 249 g/mol. The van der Waals surface area contributed by atoms with Crippen molar-refractivity contribution in [3.8, 4) is 5.88 Å². The van der Waals surface area contributed by atoms with Gasteiger partial charge >= 0.3 is 0 Å². The summed E-state index contributed by atoms with van der Waals surface area (Å²) >= 11 is 5.92. The van der Waals surface area contributed by atoms with Gasteiger partial charge in [-0.15, -0.1) is 0 Å². The first-order valence-electron chi connectivity index (χ1n) is 5.48. The lowest BCUT2D eigenvalue weighted by Crippen LogP contribution is -2.01. The fourth-order valence-electron chi connectivity index (χ4n) is 1.52. The van der Waals surface area contributed by atoms with Gasteiger partial charge in [-0.1, -0.05) is 41.9 Å². The molecule has 0 fully saturated rings. The second-order valence-corrected chi connectivity index (χ2v) is 3.93. The van der Waals surface area contributed by atoms with E-state index < -0.39 is 0 Å². The summed E-state index contributed by atoms with van der Waals surface area (Å²) in [5.41, 5.74) is 1.15. The van der Waals surface area contributed by atoms with Gasteiger partial charge in [-0.05, 0) is 12.5 Å². The minimum absolute atomic E-state index is 0.411. The van der Waals surface area contributed by atoms with Gasteiger partial charge in [0, 0.05) is 12.5 Å². The van der Waals surface area contributed by atoms with E-state index in [1.54, 1.807) is 6.07 Å². The second kappa shape index (κ2) is 5.64. The molecule has 1 aromatic carbocycles. The maximum Gasteiger partial charge on any atom is 0.218 e. The first kappa shape index (κ1) is 11.9. The van der Waals surface area contributed by atoms with Gasteiger partial charge in [0.15, 0.2) is 0 Å². The lowest BCUT2D eigenvalue weighted by molar-refractivity contribution is 0.325. The molecule has 0 saturated carbocycles. The van der Waals surface area contributed by atoms with Crippen molar-refractivity contribution in [1.29, 1.82) is 0 Å². The zero-order valence-electron chi connectivity index (χ0n) is 9.56. The molecule has 17 heavy (non-hydrogen) atoms. The van der Waals surface area contributed by atoms with Crippen LogP contribution >= 0.6 is 11.6 Å². The lowest BCUT2D eigenvalue weighted by Gasteiger charge is -2.05. The van der Waals surface area contributed by atoms with Crippen LogP contribution in [-0.4, -0.2) is 16.6 Å². The van der Waals surface area contributed by atoms with Gasteiger partial charge in [-0.2, -0.15) is 4.98 Å². The molecule has 0 spiro atoms. The van der Waals surface area contributed by atoms with Crippen LogP contribution in [0.3, 0.4) is 0 Å². The molecule has 88 valence electrons. The number of halogens is 1. The molecule has 0 saturated heterocycles. The van der Waals surface area contributed by atoms with E-state index in [0.717, 1.165) is 5.56 Å². The van der Waals surface area contributed by atoms with E-state index in [0.29, 0.717) is 29.9 Å². The number of benzene rings is 1. The fourth-order valence-corrected chi connectivity index (χ4v) is 1.71. The molecule has 0 bridgehead atoms. The van der Waals surface area contributed by atoms with Gasteiger partial charge in [0.2, 0.25) is 5.88 Å². The Hall–Kier alpha value is -1.61. The summed E-state index contributed by atoms with van der Waals surface area (Å²) in [6.45, 7) is 2.48. The maximum atomic E-state index is 5.92. The number of nitrogens with zero attached hydrogens (tertiary/aromatic N) is 2. The average Bonchev–Trinajstić information content (AvgIpc) is 2.30. The van der Waals surface area contributed by atoms with Gasteiger partial charge in [-0.3, -0.25) is 0 Å². The monoisotopic (exact) mass is 248 g/mol. The molecule has 0 unspecified atom stereocenters. The van der Waals surface area contributed by atoms with Crippen molar-refractivity contribution in [3.05, 3.63) is 52.9 Å². The summed E-state index contributed by atoms with van der Waals surface area (Å²) in [5, 5.41) is 0.411. The van der Waals surface area contributed by atoms with Gasteiger partial charge in [0.25, 0.3) is 0 Å². The summed E-state index contributed by atoms with van der Waals surface area (Å²) < 4.78 is 5.33. The van der Waals surface area contributed by atoms with Crippen LogP contribution in [0.25, 0.3) is 0 Å². The lowest BCUT2D eigenvalue weighted by atomic mass is 10.1. The molecule has 4 heteroatoms. The predicted octanol–water partition coefficient (Wildman–Crippen LogP) is 3.12. The number of hydrogen-bond donors (Lipinski definition) is 0. The molecule has 2 aromatic rings. The van der Waals surface area contributed by atoms with Crippen LogP contribution in [0.4, 0.5) is 0 Å². The van der Waals surface area contributed by atoms with E-state index in [1.807, 2.05) is 37.3 Å². The minimum atomic E-state index is 0.411. The highest BCUT2D eigenvalue weighted by molar-refractivity contribution is 6.29. The molecule has 0 N–H and O–H groups in total. The van der Waals surface area contributed by atoms with E-state index in [4.69, 9.17) is 16.3 Å². The van der Waals surface area contributed by atoms with Crippen LogP contribution in [0.2, 0.25) is 5.15 Å². The number of aromatic nitrogens is 2. The van der Waals surface area contributed by atoms with E-state index in [1.165, 1.54) is 0 Å². The Morgan fingerprint density at radius 1 is 1.18 bits per heavy atom. The Bertz CT molecular complexity index is 488. The van der Waals surface area contributed by atoms with Crippen LogP contribution in [0.5, 0.6) is 5.88 Å². The molecule has 0 aliphatic carbocycles. The molecule has 0 aliphatic heterocycles. The molecule has 1 heterocycles. The molecule has 0 radical (unpaired) electrons. The van der Waals surface area contributed by atoms with Crippen LogP contribution in [-0.2, 0) is 6.42 Å². The van der Waals surface area contributed by atoms with Crippen LogP contribution in [0.15, 0.2) is 36.4 Å². The minimum Gasteiger partial charge on any atom is -0.478 e. The van der Waals surface area contributed by atoms with Gasteiger partial charge in [0.1, 0.15) is 11.0 Å². The Balaban J connectivity index is 2.21. The second-order valence-electron chi connectivity index (χ2n) is 3.54. The molecule has 0 atom stereocenters. The zero-order valence-corrected chi connectivity index (χ0v) is 10.3. The molecular formula is C13H13ClN2O. The summed E-state index contributed by atoms with van der Waals surface area (Å²) in [7, 11) is 0. The molecule has 2 rings (SSSR count). The molecule has 0 aliphatic rings. The molecule has 1 aromatic heterocycles. The molecular weight excluding hydrogens is 236 g/mol. The maximum absolute atomic E-state index is 5.92. The summed E-state index contributed by atoms with van der Waals surface area (Å²) in [6, 6.07) is 11.6. The van der Waals surface area contributed by atoms with E-state index in [-0.39, 0.29) is 0 Å². The fraction of sp³-hybridized carbons (Fsp3) is 0.231. The molecule has 0 amide bonds. The Morgan fingerprint density at radius 2 is 1.94 bits per heavy atom. The Kier molecular flexibility index (Phi) is 3.94. The van der Waals surface area contributed by atoms with E-state index in [2.05, 4.69) is 9.97 Å². The Labute approximate surface area is 105 Å². The van der Waals surface area contributed by atoms with Crippen molar-refractivity contribution in [2.75, 3.05) is 6.61 Å². The largest absolute Gasteiger partial charge is 0.478 e. The Morgan fingerprint density at radius 3 is 2.65 bits per heavy atom. The van der Waals surface area contributed by atoms with Crippen molar-refractivity contribution in [2.24, 2.45) is 0 Å². The first-order chi connectivity index (χ1) is 8.28. The third kappa shape index (κ3) is 3.43. The standard InChI is InChI=1S/C13H13ClN2O/c1-2-17-13-9-11(14)15-12(16-13)8-10-6-4-3-5-7-10/h3-7,9H,2,8H2,1H3. The van der Waals surface area contributed by atoms with E-state index >= 15 is 0 Å². The van der Waals surface area contributed by atoms with Crippen molar-refractivity contribution >= 4 is 11.6 Å². The third-order valence-corrected chi connectivity index (χ3v) is 2.41. The molecule has 3 nitrogen and oxygen atoms in total. The highest BCUT2D eigenvalue weighted by Crippen LogP contribution is 2.15. The SMILES string of the molecule is CCOc1cc(Cl)nc(Cc2ccccc2)n1. The van der Waals surface area contributed by atoms with Gasteiger partial charge in [-0.25, -0.2) is 4.98 Å². The van der Waals surface area contributed by atoms with Crippen LogP contribution in [0, 0.1) is 0 Å². The topological polar surface area (TPSA) is 35.0 Å². The number of ether oxygens (including phenoxy) is 1. The van der Waals surface area contributed by atoms with Crippen molar-refractivity contribution in [3.63, 3.8) is 0 Å². The van der Waals surface area contributed by atoms with Crippen molar-refractivity contribution in [1.82, 2.24) is 9.97 Å². The van der Waals surface area contributed by atoms with Crippen LogP contribution in [0.1, 0.15) is 18.3 Å². The third-order valence-electron chi connectivity index (χ3n) is 2.21. The summed E-state index contributed by atoms with van der Waals surface area (Å²) in [6.07, 6.45) is 0.654.